The van der Waals surface area contributed by atoms with Crippen LogP contribution in [-0.2, 0) is 20.9 Å². The Bertz CT molecular complexity index is 1180. The molecule has 1 fully saturated rings. The summed E-state index contributed by atoms with van der Waals surface area (Å²) in [6, 6.07) is 3.31. The van der Waals surface area contributed by atoms with Gasteiger partial charge < -0.3 is 15.0 Å². The molecule has 2 aromatic rings. The van der Waals surface area contributed by atoms with E-state index in [0.29, 0.717) is 18.9 Å². The topological polar surface area (TPSA) is 114 Å². The van der Waals surface area contributed by atoms with Gasteiger partial charge in [-0.2, -0.15) is 26.0 Å². The Hall–Kier alpha value is -3.16. The molecule has 0 unspecified atom stereocenters. The Labute approximate surface area is 199 Å². The zero-order chi connectivity index (χ0) is 26.0. The standard InChI is InChI=1S/C21H25F4N5O4S/c1-20(2,3)34-19(31)30-9-7-13(8-10-30)27-15-12-26-18(11-14(15)21(23,24)25)35(32,33)29-17-6-4-5-16(22)28-17/h4-6,11-13,27H,7-10H2,1-3H3,(H,28,29). The number of pyridine rings is 2. The van der Waals surface area contributed by atoms with Gasteiger partial charge in [0.05, 0.1) is 17.4 Å². The van der Waals surface area contributed by atoms with E-state index in [9.17, 15) is 30.8 Å². The van der Waals surface area contributed by atoms with Crippen molar-refractivity contribution in [1.29, 1.82) is 0 Å². The number of rotatable bonds is 5. The highest BCUT2D eigenvalue weighted by atomic mass is 32.2. The van der Waals surface area contributed by atoms with Gasteiger partial charge in [0.15, 0.2) is 5.03 Å². The number of hydrogen-bond acceptors (Lipinski definition) is 7. The predicted octanol–water partition coefficient (Wildman–Crippen LogP) is 4.25. The van der Waals surface area contributed by atoms with Crippen LogP contribution in [0.25, 0.3) is 0 Å². The van der Waals surface area contributed by atoms with Gasteiger partial charge in [0, 0.05) is 19.1 Å². The minimum atomic E-state index is -4.89. The zero-order valence-corrected chi connectivity index (χ0v) is 20.0. The highest BCUT2D eigenvalue weighted by molar-refractivity contribution is 7.92. The second-order valence-corrected chi connectivity index (χ2v) is 10.5. The van der Waals surface area contributed by atoms with Crippen molar-refractivity contribution in [3.8, 4) is 0 Å². The third-order valence-corrected chi connectivity index (χ3v) is 6.17. The highest BCUT2D eigenvalue weighted by Gasteiger charge is 2.37. The molecule has 0 atom stereocenters. The zero-order valence-electron chi connectivity index (χ0n) is 19.2. The van der Waals surface area contributed by atoms with Gasteiger partial charge in [-0.25, -0.2) is 14.8 Å². The number of carbonyl (C=O) groups excluding carboxylic acids is 1. The van der Waals surface area contributed by atoms with E-state index < -0.39 is 62.0 Å². The fraction of sp³-hybridized carbons (Fsp3) is 0.476. The maximum atomic E-state index is 13.8. The molecule has 0 bridgehead atoms. The van der Waals surface area contributed by atoms with Crippen molar-refractivity contribution in [2.75, 3.05) is 23.1 Å². The molecule has 0 radical (unpaired) electrons. The maximum Gasteiger partial charge on any atom is 0.418 e. The number of nitrogens with zero attached hydrogens (tertiary/aromatic N) is 3. The first-order valence-electron chi connectivity index (χ1n) is 10.6. The van der Waals surface area contributed by atoms with Crippen LogP contribution < -0.4 is 10.0 Å². The summed E-state index contributed by atoms with van der Waals surface area (Å²) in [4.78, 5) is 20.7. The molecular weight excluding hydrogens is 494 g/mol. The van der Waals surface area contributed by atoms with E-state index in [4.69, 9.17) is 4.74 Å². The van der Waals surface area contributed by atoms with Gasteiger partial charge in [-0.1, -0.05) is 6.07 Å². The number of aromatic nitrogens is 2. The lowest BCUT2D eigenvalue weighted by atomic mass is 10.0. The molecule has 1 amide bonds. The van der Waals surface area contributed by atoms with Crippen molar-refractivity contribution in [2.45, 2.75) is 56.5 Å². The Kier molecular flexibility index (Phi) is 7.43. The molecular formula is C21H25F4N5O4S. The molecule has 0 aromatic carbocycles. The van der Waals surface area contributed by atoms with Crippen LogP contribution in [0, 0.1) is 5.95 Å². The van der Waals surface area contributed by atoms with Crippen LogP contribution in [0.1, 0.15) is 39.2 Å². The van der Waals surface area contributed by atoms with Gasteiger partial charge in [-0.05, 0) is 51.8 Å². The third kappa shape index (κ3) is 7.16. The molecule has 1 saturated heterocycles. The Morgan fingerprint density at radius 1 is 1.17 bits per heavy atom. The number of halogens is 4. The minimum absolute atomic E-state index is 0.276. The summed E-state index contributed by atoms with van der Waals surface area (Å²) in [7, 11) is -4.57. The number of hydrogen-bond donors (Lipinski definition) is 2. The van der Waals surface area contributed by atoms with Crippen LogP contribution in [0.15, 0.2) is 35.5 Å². The molecule has 192 valence electrons. The smallest absolute Gasteiger partial charge is 0.418 e. The summed E-state index contributed by atoms with van der Waals surface area (Å²) in [6.45, 7) is 5.76. The van der Waals surface area contributed by atoms with Crippen molar-refractivity contribution in [1.82, 2.24) is 14.9 Å². The van der Waals surface area contributed by atoms with Gasteiger partial charge in [0.25, 0.3) is 10.0 Å². The largest absolute Gasteiger partial charge is 0.444 e. The maximum absolute atomic E-state index is 13.8. The van der Waals surface area contributed by atoms with E-state index in [1.807, 2.05) is 4.72 Å². The Balaban J connectivity index is 1.75. The summed E-state index contributed by atoms with van der Waals surface area (Å²) in [5.74, 6) is -1.37. The Morgan fingerprint density at radius 3 is 2.40 bits per heavy atom. The van der Waals surface area contributed by atoms with Gasteiger partial charge in [0.2, 0.25) is 5.95 Å². The first kappa shape index (κ1) is 26.4. The van der Waals surface area contributed by atoms with Crippen LogP contribution in [0.3, 0.4) is 0 Å². The fourth-order valence-electron chi connectivity index (χ4n) is 3.34. The minimum Gasteiger partial charge on any atom is -0.444 e. The van der Waals surface area contributed by atoms with E-state index in [0.717, 1.165) is 18.3 Å². The predicted molar refractivity (Wildman–Crippen MR) is 119 cm³/mol. The van der Waals surface area contributed by atoms with Crippen molar-refractivity contribution in [3.63, 3.8) is 0 Å². The number of sulfonamides is 1. The monoisotopic (exact) mass is 519 g/mol. The van der Waals surface area contributed by atoms with Gasteiger partial charge >= 0.3 is 12.3 Å². The summed E-state index contributed by atoms with van der Waals surface area (Å²) < 4.78 is 86.8. The quantitative estimate of drug-likeness (QED) is 0.449. The number of carbonyl (C=O) groups is 1. The van der Waals surface area contributed by atoms with Crippen molar-refractivity contribution >= 4 is 27.6 Å². The normalized spacial score (nSPS) is 15.6. The number of nitrogens with one attached hydrogen (secondary N) is 2. The first-order valence-corrected chi connectivity index (χ1v) is 12.1. The van der Waals surface area contributed by atoms with Crippen LogP contribution in [0.5, 0.6) is 0 Å². The number of amides is 1. The molecule has 0 aliphatic carbocycles. The van der Waals surface area contributed by atoms with Gasteiger partial charge in [0.1, 0.15) is 11.4 Å². The van der Waals surface area contributed by atoms with Crippen LogP contribution in [0.4, 0.5) is 33.9 Å². The Morgan fingerprint density at radius 2 is 1.83 bits per heavy atom. The molecule has 3 heterocycles. The molecule has 9 nitrogen and oxygen atoms in total. The summed E-state index contributed by atoms with van der Waals surface area (Å²) >= 11 is 0. The summed E-state index contributed by atoms with van der Waals surface area (Å²) in [5.41, 5.74) is -2.29. The van der Waals surface area contributed by atoms with Crippen LogP contribution in [-0.4, -0.2) is 54.1 Å². The van der Waals surface area contributed by atoms with E-state index in [2.05, 4.69) is 15.3 Å². The average Bonchev–Trinajstić information content (AvgIpc) is 2.72. The van der Waals surface area contributed by atoms with E-state index in [1.54, 1.807) is 20.8 Å². The number of likely N-dealkylation sites (tertiary alicyclic amines) is 1. The second kappa shape index (κ2) is 9.84. The number of piperidine rings is 1. The second-order valence-electron chi connectivity index (χ2n) is 8.90. The summed E-state index contributed by atoms with van der Waals surface area (Å²) in [5, 5.41) is 1.86. The first-order chi connectivity index (χ1) is 16.1. The number of anilines is 2. The molecule has 1 aliphatic rings. The van der Waals surface area contributed by atoms with Crippen molar-refractivity contribution in [3.05, 3.63) is 42.0 Å². The molecule has 3 rings (SSSR count). The third-order valence-electron chi connectivity index (χ3n) is 4.92. The fourth-order valence-corrected chi connectivity index (χ4v) is 4.30. The van der Waals surface area contributed by atoms with E-state index >= 15 is 0 Å². The number of alkyl halides is 3. The van der Waals surface area contributed by atoms with Gasteiger partial charge in [-0.3, -0.25) is 4.72 Å². The lowest BCUT2D eigenvalue weighted by Gasteiger charge is -2.34. The van der Waals surface area contributed by atoms with Crippen LogP contribution >= 0.6 is 0 Å². The van der Waals surface area contributed by atoms with Crippen LogP contribution in [0.2, 0.25) is 0 Å². The molecule has 0 saturated carbocycles. The lowest BCUT2D eigenvalue weighted by molar-refractivity contribution is -0.137. The molecule has 1 aliphatic heterocycles. The van der Waals surface area contributed by atoms with E-state index in [1.165, 1.54) is 11.0 Å². The molecule has 35 heavy (non-hydrogen) atoms. The summed E-state index contributed by atoms with van der Waals surface area (Å²) in [6.07, 6.45) is -3.89. The molecule has 0 spiro atoms. The molecule has 14 heteroatoms. The number of ether oxygens (including phenoxy) is 1. The van der Waals surface area contributed by atoms with Crippen molar-refractivity contribution < 1.29 is 35.5 Å². The lowest BCUT2D eigenvalue weighted by Crippen LogP contribution is -2.44. The SMILES string of the molecule is CC(C)(C)OC(=O)N1CCC(Nc2cnc(S(=O)(=O)Nc3cccc(F)n3)cc2C(F)(F)F)CC1. The average molecular weight is 520 g/mol. The van der Waals surface area contributed by atoms with Gasteiger partial charge in [-0.15, -0.1) is 0 Å². The van der Waals surface area contributed by atoms with E-state index in [-0.39, 0.29) is 13.1 Å². The highest BCUT2D eigenvalue weighted by Crippen LogP contribution is 2.36. The molecule has 2 N–H and O–H groups in total. The van der Waals surface area contributed by atoms with Crippen molar-refractivity contribution in [2.24, 2.45) is 0 Å². The molecule has 2 aromatic heterocycles.